The molecule has 6 nitrogen and oxygen atoms in total. The standard InChI is InChI=1S/C13H15N5OS/c14-13-15-11(9-3-6-20-12(9)16-13)17-4-5-18-8(7-17)1-2-10(18)19/h3,6,8H,1-2,4-5,7H2,(H2,14,15,16). The maximum absolute atomic E-state index is 11.7. The van der Waals surface area contributed by atoms with Crippen LogP contribution in [0.3, 0.4) is 0 Å². The number of carbonyl (C=O) groups is 1. The second-order valence-corrected chi connectivity index (χ2v) is 6.17. The zero-order chi connectivity index (χ0) is 13.7. The number of fused-ring (bicyclic) bond motifs is 2. The summed E-state index contributed by atoms with van der Waals surface area (Å²) in [5.41, 5.74) is 5.81. The van der Waals surface area contributed by atoms with Crippen LogP contribution in [0.1, 0.15) is 12.8 Å². The van der Waals surface area contributed by atoms with Crippen molar-refractivity contribution in [1.29, 1.82) is 0 Å². The first-order chi connectivity index (χ1) is 9.72. The zero-order valence-electron chi connectivity index (χ0n) is 11.0. The monoisotopic (exact) mass is 289 g/mol. The highest BCUT2D eigenvalue weighted by Crippen LogP contribution is 2.31. The molecule has 2 aromatic heterocycles. The van der Waals surface area contributed by atoms with Crippen LogP contribution in [0.4, 0.5) is 11.8 Å². The third-order valence-electron chi connectivity index (χ3n) is 4.12. The number of nitrogen functional groups attached to an aromatic ring is 1. The average molecular weight is 289 g/mol. The molecule has 7 heteroatoms. The number of piperazine rings is 1. The van der Waals surface area contributed by atoms with E-state index in [0.29, 0.717) is 18.4 Å². The van der Waals surface area contributed by atoms with Crippen LogP contribution < -0.4 is 10.6 Å². The van der Waals surface area contributed by atoms with E-state index in [2.05, 4.69) is 14.9 Å². The Bertz CT molecular complexity index is 684. The molecule has 0 saturated carbocycles. The fourth-order valence-corrected chi connectivity index (χ4v) is 3.92. The second kappa shape index (κ2) is 4.31. The van der Waals surface area contributed by atoms with Crippen molar-refractivity contribution in [2.45, 2.75) is 18.9 Å². The van der Waals surface area contributed by atoms with Crippen molar-refractivity contribution in [2.75, 3.05) is 30.3 Å². The van der Waals surface area contributed by atoms with Crippen LogP contribution >= 0.6 is 11.3 Å². The van der Waals surface area contributed by atoms with Crippen LogP contribution in [0.25, 0.3) is 10.2 Å². The number of rotatable bonds is 1. The van der Waals surface area contributed by atoms with Gasteiger partial charge in [0.15, 0.2) is 0 Å². The Kier molecular flexibility index (Phi) is 2.56. The molecule has 0 radical (unpaired) electrons. The Morgan fingerprint density at radius 3 is 3.15 bits per heavy atom. The molecule has 2 aliphatic rings. The van der Waals surface area contributed by atoms with Gasteiger partial charge in [0.2, 0.25) is 11.9 Å². The van der Waals surface area contributed by atoms with Gasteiger partial charge in [0.25, 0.3) is 0 Å². The van der Waals surface area contributed by atoms with Crippen LogP contribution in [0.2, 0.25) is 0 Å². The molecule has 2 aliphatic heterocycles. The highest BCUT2D eigenvalue weighted by molar-refractivity contribution is 7.16. The molecular formula is C13H15N5OS. The van der Waals surface area contributed by atoms with E-state index in [1.807, 2.05) is 16.3 Å². The van der Waals surface area contributed by atoms with Gasteiger partial charge in [0.1, 0.15) is 10.6 Å². The number of amides is 1. The molecule has 4 rings (SSSR count). The fraction of sp³-hybridized carbons (Fsp3) is 0.462. The van der Waals surface area contributed by atoms with Gasteiger partial charge in [-0.2, -0.15) is 4.98 Å². The van der Waals surface area contributed by atoms with Crippen molar-refractivity contribution in [3.63, 3.8) is 0 Å². The molecule has 104 valence electrons. The van der Waals surface area contributed by atoms with Gasteiger partial charge >= 0.3 is 0 Å². The van der Waals surface area contributed by atoms with Crippen LogP contribution in [-0.2, 0) is 4.79 Å². The van der Waals surface area contributed by atoms with E-state index in [1.165, 1.54) is 0 Å². The highest BCUT2D eigenvalue weighted by Gasteiger charge is 2.36. The number of aromatic nitrogens is 2. The van der Waals surface area contributed by atoms with Gasteiger partial charge in [-0.05, 0) is 17.9 Å². The first-order valence-electron chi connectivity index (χ1n) is 6.77. The predicted octanol–water partition coefficient (Wildman–Crippen LogP) is 1.08. The van der Waals surface area contributed by atoms with Gasteiger partial charge in [-0.1, -0.05) is 0 Å². The topological polar surface area (TPSA) is 75.3 Å². The molecule has 0 aromatic carbocycles. The maximum atomic E-state index is 11.7. The lowest BCUT2D eigenvalue weighted by Gasteiger charge is -2.38. The lowest BCUT2D eigenvalue weighted by Crippen LogP contribution is -2.51. The summed E-state index contributed by atoms with van der Waals surface area (Å²) in [6, 6.07) is 2.36. The number of anilines is 2. The zero-order valence-corrected chi connectivity index (χ0v) is 11.8. The number of hydrogen-bond acceptors (Lipinski definition) is 6. The quantitative estimate of drug-likeness (QED) is 0.850. The summed E-state index contributed by atoms with van der Waals surface area (Å²) in [5, 5.41) is 3.07. The Morgan fingerprint density at radius 1 is 1.35 bits per heavy atom. The van der Waals surface area contributed by atoms with Gasteiger partial charge in [0, 0.05) is 32.1 Å². The molecule has 0 spiro atoms. The van der Waals surface area contributed by atoms with E-state index in [4.69, 9.17) is 5.73 Å². The Hall–Kier alpha value is -1.89. The van der Waals surface area contributed by atoms with Crippen molar-refractivity contribution in [2.24, 2.45) is 0 Å². The number of nitrogens with zero attached hydrogens (tertiary/aromatic N) is 4. The van der Waals surface area contributed by atoms with Crippen molar-refractivity contribution in [3.05, 3.63) is 11.4 Å². The van der Waals surface area contributed by atoms with Crippen molar-refractivity contribution in [1.82, 2.24) is 14.9 Å². The molecular weight excluding hydrogens is 274 g/mol. The van der Waals surface area contributed by atoms with Crippen molar-refractivity contribution < 1.29 is 4.79 Å². The van der Waals surface area contributed by atoms with E-state index in [0.717, 1.165) is 42.1 Å². The normalized spacial score (nSPS) is 22.6. The lowest BCUT2D eigenvalue weighted by atomic mass is 10.1. The summed E-state index contributed by atoms with van der Waals surface area (Å²) in [4.78, 5) is 25.6. The van der Waals surface area contributed by atoms with Gasteiger partial charge in [-0.25, -0.2) is 4.98 Å². The molecule has 2 N–H and O–H groups in total. The number of nitrogens with two attached hydrogens (primary N) is 1. The minimum Gasteiger partial charge on any atom is -0.368 e. The largest absolute Gasteiger partial charge is 0.368 e. The molecule has 0 bridgehead atoms. The third kappa shape index (κ3) is 1.73. The molecule has 2 saturated heterocycles. The van der Waals surface area contributed by atoms with Crippen molar-refractivity contribution >= 4 is 39.2 Å². The summed E-state index contributed by atoms with van der Waals surface area (Å²) in [6.07, 6.45) is 1.63. The first-order valence-corrected chi connectivity index (χ1v) is 7.65. The third-order valence-corrected chi connectivity index (χ3v) is 4.92. The summed E-state index contributed by atoms with van der Waals surface area (Å²) in [7, 11) is 0. The van der Waals surface area contributed by atoms with Gasteiger partial charge in [-0.3, -0.25) is 4.79 Å². The van der Waals surface area contributed by atoms with E-state index in [1.54, 1.807) is 11.3 Å². The van der Waals surface area contributed by atoms with Crippen LogP contribution in [0, 0.1) is 0 Å². The molecule has 1 unspecified atom stereocenters. The Labute approximate surface area is 120 Å². The van der Waals surface area contributed by atoms with E-state index in [-0.39, 0.29) is 5.91 Å². The van der Waals surface area contributed by atoms with Crippen LogP contribution in [0.15, 0.2) is 11.4 Å². The summed E-state index contributed by atoms with van der Waals surface area (Å²) < 4.78 is 0. The first kappa shape index (κ1) is 11.9. The predicted molar refractivity (Wildman–Crippen MR) is 78.8 cm³/mol. The minimum absolute atomic E-state index is 0.289. The summed E-state index contributed by atoms with van der Waals surface area (Å²) >= 11 is 1.58. The van der Waals surface area contributed by atoms with Gasteiger partial charge in [-0.15, -0.1) is 11.3 Å². The second-order valence-electron chi connectivity index (χ2n) is 5.27. The van der Waals surface area contributed by atoms with E-state index >= 15 is 0 Å². The van der Waals surface area contributed by atoms with Crippen LogP contribution in [0.5, 0.6) is 0 Å². The molecule has 0 aliphatic carbocycles. The van der Waals surface area contributed by atoms with Gasteiger partial charge in [0.05, 0.1) is 5.39 Å². The Balaban J connectivity index is 1.70. The van der Waals surface area contributed by atoms with E-state index < -0.39 is 0 Å². The van der Waals surface area contributed by atoms with Gasteiger partial charge < -0.3 is 15.5 Å². The minimum atomic E-state index is 0.289. The molecule has 1 amide bonds. The van der Waals surface area contributed by atoms with E-state index in [9.17, 15) is 4.79 Å². The fourth-order valence-electron chi connectivity index (χ4n) is 3.15. The number of hydrogen-bond donors (Lipinski definition) is 1. The smallest absolute Gasteiger partial charge is 0.223 e. The summed E-state index contributed by atoms with van der Waals surface area (Å²) in [6.45, 7) is 2.43. The molecule has 20 heavy (non-hydrogen) atoms. The molecule has 2 aromatic rings. The molecule has 4 heterocycles. The molecule has 1 atom stereocenters. The van der Waals surface area contributed by atoms with Crippen molar-refractivity contribution in [3.8, 4) is 0 Å². The number of carbonyl (C=O) groups excluding carboxylic acids is 1. The maximum Gasteiger partial charge on any atom is 0.223 e. The average Bonchev–Trinajstić information content (AvgIpc) is 3.04. The Morgan fingerprint density at radius 2 is 2.25 bits per heavy atom. The molecule has 2 fully saturated rings. The lowest BCUT2D eigenvalue weighted by molar-refractivity contribution is -0.129. The summed E-state index contributed by atoms with van der Waals surface area (Å²) in [5.74, 6) is 1.52. The van der Waals surface area contributed by atoms with Crippen LogP contribution in [-0.4, -0.2) is 46.5 Å². The SMILES string of the molecule is Nc1nc(N2CCN3C(=O)CCC3C2)c2ccsc2n1. The number of thiophene rings is 1. The highest BCUT2D eigenvalue weighted by atomic mass is 32.1.